The summed E-state index contributed by atoms with van der Waals surface area (Å²) in [6, 6.07) is 5.26. The van der Waals surface area contributed by atoms with Gasteiger partial charge in [-0.15, -0.1) is 0 Å². The summed E-state index contributed by atoms with van der Waals surface area (Å²) in [6.07, 6.45) is 1.68. The smallest absolute Gasteiger partial charge is 0.191 e. The highest BCUT2D eigenvalue weighted by Crippen LogP contribution is 2.21. The Morgan fingerprint density at radius 1 is 1.17 bits per heavy atom. The van der Waals surface area contributed by atoms with Crippen molar-refractivity contribution in [2.24, 2.45) is 5.84 Å². The lowest BCUT2D eigenvalue weighted by Crippen LogP contribution is -2.08. The van der Waals surface area contributed by atoms with Crippen LogP contribution in [0.3, 0.4) is 0 Å². The van der Waals surface area contributed by atoms with Crippen LogP contribution < -0.4 is 22.7 Å². The molecule has 0 atom stereocenters. The number of pyridine rings is 1. The molecule has 0 aliphatic rings. The van der Waals surface area contributed by atoms with E-state index in [1.165, 1.54) is 17.8 Å². The summed E-state index contributed by atoms with van der Waals surface area (Å²) in [5.74, 6) is 7.31. The van der Waals surface area contributed by atoms with Gasteiger partial charge in [0.25, 0.3) is 0 Å². The van der Waals surface area contributed by atoms with Crippen LogP contribution in [0.25, 0.3) is 0 Å². The Bertz CT molecular complexity index is 525. The zero-order valence-electron chi connectivity index (χ0n) is 9.50. The first kappa shape index (κ1) is 12.4. The molecule has 2 aromatic heterocycles. The molecule has 0 aromatic carbocycles. The summed E-state index contributed by atoms with van der Waals surface area (Å²) in [6.45, 7) is 0. The van der Waals surface area contributed by atoms with Gasteiger partial charge >= 0.3 is 0 Å². The van der Waals surface area contributed by atoms with Gasteiger partial charge in [-0.1, -0.05) is 11.8 Å². The number of nitrogens with two attached hydrogens (primary N) is 3. The van der Waals surface area contributed by atoms with Crippen molar-refractivity contribution in [2.75, 3.05) is 16.9 Å². The van der Waals surface area contributed by atoms with E-state index in [-0.39, 0.29) is 0 Å². The Labute approximate surface area is 108 Å². The Morgan fingerprint density at radius 3 is 2.56 bits per heavy atom. The lowest BCUT2D eigenvalue weighted by atomic mass is 10.3. The maximum Gasteiger partial charge on any atom is 0.191 e. The largest absolute Gasteiger partial charge is 0.383 e. The summed E-state index contributed by atoms with van der Waals surface area (Å²) >= 11 is 1.44. The van der Waals surface area contributed by atoms with Crippen molar-refractivity contribution >= 4 is 29.2 Å². The van der Waals surface area contributed by atoms with E-state index in [0.29, 0.717) is 28.4 Å². The highest BCUT2D eigenvalue weighted by Gasteiger charge is 2.03. The van der Waals surface area contributed by atoms with Crippen molar-refractivity contribution in [3.8, 4) is 0 Å². The third kappa shape index (κ3) is 3.22. The van der Waals surface area contributed by atoms with Crippen LogP contribution in [-0.2, 0) is 5.75 Å². The van der Waals surface area contributed by atoms with Crippen LogP contribution in [0.2, 0.25) is 0 Å². The molecule has 2 rings (SSSR count). The minimum absolute atomic E-state index is 0.365. The highest BCUT2D eigenvalue weighted by molar-refractivity contribution is 7.98. The Morgan fingerprint density at radius 2 is 1.89 bits per heavy atom. The van der Waals surface area contributed by atoms with Gasteiger partial charge < -0.3 is 16.9 Å². The van der Waals surface area contributed by atoms with Gasteiger partial charge in [0.15, 0.2) is 5.16 Å². The number of thioether (sulfide) groups is 1. The Hall–Kier alpha value is -2.06. The summed E-state index contributed by atoms with van der Waals surface area (Å²) in [5.41, 5.74) is 14.7. The summed E-state index contributed by atoms with van der Waals surface area (Å²) < 4.78 is 0. The van der Waals surface area contributed by atoms with Crippen molar-refractivity contribution in [1.29, 1.82) is 0 Å². The molecule has 0 fully saturated rings. The van der Waals surface area contributed by atoms with Crippen LogP contribution in [0.4, 0.5) is 17.5 Å². The normalized spacial score (nSPS) is 10.3. The summed E-state index contributed by atoms with van der Waals surface area (Å²) in [5, 5.41) is 0.548. The van der Waals surface area contributed by atoms with Gasteiger partial charge in [-0.05, 0) is 17.7 Å². The molecule has 0 spiro atoms. The van der Waals surface area contributed by atoms with Crippen LogP contribution in [0.15, 0.2) is 29.6 Å². The molecule has 0 saturated heterocycles. The standard InChI is InChI=1S/C10H13N7S/c11-7-4-8(12)16-10(15-7)18-5-6-1-2-14-9(3-6)17-13/h1-4H,5,13H2,(H,14,17)(H4,11,12,15,16). The predicted molar refractivity (Wildman–Crippen MR) is 72.5 cm³/mol. The van der Waals surface area contributed by atoms with E-state index in [2.05, 4.69) is 20.4 Å². The Kier molecular flexibility index (Phi) is 3.80. The van der Waals surface area contributed by atoms with Crippen LogP contribution in [0, 0.1) is 0 Å². The molecule has 7 nitrogen and oxygen atoms in total. The van der Waals surface area contributed by atoms with Gasteiger partial charge in [-0.3, -0.25) is 0 Å². The minimum atomic E-state index is 0.365. The number of nitrogens with one attached hydrogen (secondary N) is 1. The van der Waals surface area contributed by atoms with Crippen LogP contribution >= 0.6 is 11.8 Å². The van der Waals surface area contributed by atoms with E-state index in [0.717, 1.165) is 5.56 Å². The SMILES string of the molecule is NNc1cc(CSc2nc(N)cc(N)n2)ccn1. The third-order valence-electron chi connectivity index (χ3n) is 2.09. The molecular weight excluding hydrogens is 250 g/mol. The number of nitrogen functional groups attached to an aromatic ring is 3. The molecule has 0 unspecified atom stereocenters. The first-order chi connectivity index (χ1) is 8.67. The van der Waals surface area contributed by atoms with Crippen molar-refractivity contribution in [2.45, 2.75) is 10.9 Å². The molecule has 2 heterocycles. The van der Waals surface area contributed by atoms with Crippen LogP contribution in [-0.4, -0.2) is 15.0 Å². The average molecular weight is 263 g/mol. The van der Waals surface area contributed by atoms with E-state index in [4.69, 9.17) is 17.3 Å². The maximum absolute atomic E-state index is 5.59. The fourth-order valence-corrected chi connectivity index (χ4v) is 2.13. The number of hydrogen-bond donors (Lipinski definition) is 4. The Balaban J connectivity index is 2.06. The number of hydrogen-bond acceptors (Lipinski definition) is 8. The molecule has 0 amide bonds. The molecule has 2 aromatic rings. The molecule has 7 N–H and O–H groups in total. The zero-order chi connectivity index (χ0) is 13.0. The van der Waals surface area contributed by atoms with Gasteiger partial charge in [0.1, 0.15) is 17.5 Å². The van der Waals surface area contributed by atoms with E-state index >= 15 is 0 Å². The van der Waals surface area contributed by atoms with Gasteiger partial charge in [0.2, 0.25) is 0 Å². The van der Waals surface area contributed by atoms with E-state index < -0.39 is 0 Å². The summed E-state index contributed by atoms with van der Waals surface area (Å²) in [7, 11) is 0. The molecule has 0 aliphatic heterocycles. The highest BCUT2D eigenvalue weighted by atomic mass is 32.2. The fourth-order valence-electron chi connectivity index (χ4n) is 1.32. The molecule has 0 bridgehead atoms. The van der Waals surface area contributed by atoms with Gasteiger partial charge in [-0.2, -0.15) is 0 Å². The number of aromatic nitrogens is 3. The first-order valence-electron chi connectivity index (χ1n) is 5.12. The maximum atomic E-state index is 5.59. The molecule has 0 saturated carbocycles. The van der Waals surface area contributed by atoms with Crippen molar-refractivity contribution in [3.63, 3.8) is 0 Å². The van der Waals surface area contributed by atoms with E-state index in [9.17, 15) is 0 Å². The topological polar surface area (TPSA) is 129 Å². The minimum Gasteiger partial charge on any atom is -0.383 e. The van der Waals surface area contributed by atoms with Gasteiger partial charge in [-0.25, -0.2) is 20.8 Å². The van der Waals surface area contributed by atoms with Crippen LogP contribution in [0.5, 0.6) is 0 Å². The number of rotatable bonds is 4. The van der Waals surface area contributed by atoms with E-state index in [1.807, 2.05) is 12.1 Å². The van der Waals surface area contributed by atoms with Crippen molar-refractivity contribution in [1.82, 2.24) is 15.0 Å². The quantitative estimate of drug-likeness (QED) is 0.273. The first-order valence-corrected chi connectivity index (χ1v) is 6.10. The second kappa shape index (κ2) is 5.52. The van der Waals surface area contributed by atoms with Gasteiger partial charge in [0, 0.05) is 18.0 Å². The van der Waals surface area contributed by atoms with Crippen molar-refractivity contribution < 1.29 is 0 Å². The number of hydrazine groups is 1. The third-order valence-corrected chi connectivity index (χ3v) is 3.00. The summed E-state index contributed by atoms with van der Waals surface area (Å²) in [4.78, 5) is 12.2. The predicted octanol–water partition coefficient (Wildman–Crippen LogP) is 0.614. The lowest BCUT2D eigenvalue weighted by molar-refractivity contribution is 0.984. The fraction of sp³-hybridized carbons (Fsp3) is 0.100. The molecule has 8 heteroatoms. The van der Waals surface area contributed by atoms with Crippen LogP contribution in [0.1, 0.15) is 5.56 Å². The second-order valence-electron chi connectivity index (χ2n) is 3.48. The second-order valence-corrected chi connectivity index (χ2v) is 4.43. The lowest BCUT2D eigenvalue weighted by Gasteiger charge is -2.04. The zero-order valence-corrected chi connectivity index (χ0v) is 10.3. The number of nitrogens with zero attached hydrogens (tertiary/aromatic N) is 3. The molecular formula is C10H13N7S. The average Bonchev–Trinajstić information content (AvgIpc) is 2.35. The van der Waals surface area contributed by atoms with Crippen molar-refractivity contribution in [3.05, 3.63) is 30.0 Å². The van der Waals surface area contributed by atoms with Gasteiger partial charge in [0.05, 0.1) is 0 Å². The number of anilines is 3. The molecule has 0 aliphatic carbocycles. The molecule has 0 radical (unpaired) electrons. The molecule has 18 heavy (non-hydrogen) atoms. The molecule has 94 valence electrons. The van der Waals surface area contributed by atoms with E-state index in [1.54, 1.807) is 6.20 Å². The monoisotopic (exact) mass is 263 g/mol.